The number of para-hydroxylation sites is 1. The van der Waals surface area contributed by atoms with Crippen molar-refractivity contribution in [3.8, 4) is 11.5 Å². The molecule has 0 aliphatic carbocycles. The van der Waals surface area contributed by atoms with Gasteiger partial charge in [0.2, 0.25) is 0 Å². The summed E-state index contributed by atoms with van der Waals surface area (Å²) in [7, 11) is 1.56. The number of benzene rings is 4. The fourth-order valence-electron chi connectivity index (χ4n) is 3.86. The number of nitrogens with one attached hydrogen (secondary N) is 2. The van der Waals surface area contributed by atoms with Gasteiger partial charge in [-0.15, -0.1) is 0 Å². The first-order valence-electron chi connectivity index (χ1n) is 11.4. The fraction of sp³-hybridized carbons (Fsp3) is 0.138. The molecule has 0 aliphatic heterocycles. The van der Waals surface area contributed by atoms with Crippen molar-refractivity contribution in [2.24, 2.45) is 5.10 Å². The van der Waals surface area contributed by atoms with E-state index in [0.29, 0.717) is 29.4 Å². The van der Waals surface area contributed by atoms with E-state index in [1.807, 2.05) is 56.3 Å². The van der Waals surface area contributed by atoms with E-state index in [9.17, 15) is 9.59 Å². The lowest BCUT2D eigenvalue weighted by Gasteiger charge is -2.13. The minimum absolute atomic E-state index is 0.386. The number of methoxy groups -OCH3 is 1. The van der Waals surface area contributed by atoms with Crippen LogP contribution in [0, 0.1) is 13.8 Å². The normalized spacial score (nSPS) is 10.9. The van der Waals surface area contributed by atoms with E-state index in [2.05, 4.69) is 34.0 Å². The zero-order valence-corrected chi connectivity index (χ0v) is 20.4. The molecular formula is C29H27N3O4. The number of hydrogen-bond donors (Lipinski definition) is 2. The van der Waals surface area contributed by atoms with Crippen LogP contribution in [-0.4, -0.2) is 25.1 Å². The molecule has 0 aliphatic rings. The average molecular weight is 482 g/mol. The fourth-order valence-corrected chi connectivity index (χ4v) is 3.86. The van der Waals surface area contributed by atoms with Crippen molar-refractivity contribution in [1.29, 1.82) is 0 Å². The Labute approximate surface area is 209 Å². The lowest BCUT2D eigenvalue weighted by molar-refractivity contribution is -0.136. The van der Waals surface area contributed by atoms with Crippen molar-refractivity contribution in [1.82, 2.24) is 5.43 Å². The number of carbonyl (C=O) groups excluding carboxylic acids is 2. The number of amides is 2. The Bertz CT molecular complexity index is 1420. The van der Waals surface area contributed by atoms with Crippen LogP contribution in [0.3, 0.4) is 0 Å². The van der Waals surface area contributed by atoms with Crippen LogP contribution in [0.15, 0.2) is 84.0 Å². The molecule has 0 atom stereocenters. The number of rotatable bonds is 7. The standard InChI is InChI=1S/C29H27N3O4/c1-19-8-6-9-20(2)27(19)31-28(33)29(34)32-30-17-21-14-15-25(26(16-21)35-3)36-18-23-12-7-11-22-10-4-5-13-24(22)23/h4-17H,18H2,1-3H3,(H,31,33)(H,32,34)/b30-17+. The second kappa shape index (κ2) is 11.2. The quantitative estimate of drug-likeness (QED) is 0.218. The molecule has 2 N–H and O–H groups in total. The van der Waals surface area contributed by atoms with Crippen molar-refractivity contribution < 1.29 is 19.1 Å². The van der Waals surface area contributed by atoms with Crippen LogP contribution in [0.25, 0.3) is 10.8 Å². The van der Waals surface area contributed by atoms with Crippen LogP contribution in [0.2, 0.25) is 0 Å². The third kappa shape index (κ3) is 5.70. The topological polar surface area (TPSA) is 89.0 Å². The van der Waals surface area contributed by atoms with Crippen LogP contribution in [-0.2, 0) is 16.2 Å². The molecule has 0 saturated heterocycles. The van der Waals surface area contributed by atoms with E-state index >= 15 is 0 Å². The maximum absolute atomic E-state index is 12.2. The smallest absolute Gasteiger partial charge is 0.329 e. The number of ether oxygens (including phenoxy) is 2. The Morgan fingerprint density at radius 1 is 0.861 bits per heavy atom. The van der Waals surface area contributed by atoms with Crippen molar-refractivity contribution in [2.45, 2.75) is 20.5 Å². The predicted octanol–water partition coefficient (Wildman–Crippen LogP) is 5.13. The summed E-state index contributed by atoms with van der Waals surface area (Å²) in [4.78, 5) is 24.4. The van der Waals surface area contributed by atoms with Gasteiger partial charge in [0.15, 0.2) is 11.5 Å². The molecule has 0 saturated carbocycles. The Morgan fingerprint density at radius 2 is 1.58 bits per heavy atom. The summed E-state index contributed by atoms with van der Waals surface area (Å²) in [5.74, 6) is -0.548. The monoisotopic (exact) mass is 481 g/mol. The van der Waals surface area contributed by atoms with Gasteiger partial charge in [-0.2, -0.15) is 5.10 Å². The molecule has 0 bridgehead atoms. The third-order valence-electron chi connectivity index (χ3n) is 5.76. The van der Waals surface area contributed by atoms with E-state index < -0.39 is 11.8 Å². The highest BCUT2D eigenvalue weighted by atomic mass is 16.5. The van der Waals surface area contributed by atoms with Crippen LogP contribution in [0.1, 0.15) is 22.3 Å². The number of nitrogens with zero attached hydrogens (tertiary/aromatic N) is 1. The Balaban J connectivity index is 1.38. The molecule has 4 aromatic rings. The SMILES string of the molecule is COc1cc(/C=N/NC(=O)C(=O)Nc2c(C)cccc2C)ccc1OCc1cccc2ccccc12. The number of hydrogen-bond acceptors (Lipinski definition) is 5. The Hall–Kier alpha value is -4.65. The van der Waals surface area contributed by atoms with Gasteiger partial charge in [0, 0.05) is 5.69 Å². The molecule has 7 heteroatoms. The number of aryl methyl sites for hydroxylation is 2. The first kappa shape index (κ1) is 24.5. The van der Waals surface area contributed by atoms with E-state index in [0.717, 1.165) is 27.5 Å². The van der Waals surface area contributed by atoms with E-state index in [1.165, 1.54) is 6.21 Å². The summed E-state index contributed by atoms with van der Waals surface area (Å²) in [5, 5.41) is 8.82. The maximum Gasteiger partial charge on any atom is 0.329 e. The minimum atomic E-state index is -0.865. The highest BCUT2D eigenvalue weighted by Crippen LogP contribution is 2.29. The van der Waals surface area contributed by atoms with Gasteiger partial charge in [0.05, 0.1) is 13.3 Å². The molecule has 0 fully saturated rings. The molecule has 4 aromatic carbocycles. The second-order valence-corrected chi connectivity index (χ2v) is 8.26. The van der Waals surface area contributed by atoms with Gasteiger partial charge in [-0.05, 0) is 65.1 Å². The van der Waals surface area contributed by atoms with Crippen LogP contribution in [0.5, 0.6) is 11.5 Å². The highest BCUT2D eigenvalue weighted by molar-refractivity contribution is 6.39. The number of hydrazone groups is 1. The number of anilines is 1. The molecule has 0 spiro atoms. The molecule has 4 rings (SSSR count). The van der Waals surface area contributed by atoms with Gasteiger partial charge < -0.3 is 14.8 Å². The van der Waals surface area contributed by atoms with Crippen LogP contribution >= 0.6 is 0 Å². The minimum Gasteiger partial charge on any atom is -0.493 e. The number of fused-ring (bicyclic) bond motifs is 1. The highest BCUT2D eigenvalue weighted by Gasteiger charge is 2.15. The lowest BCUT2D eigenvalue weighted by atomic mass is 10.1. The second-order valence-electron chi connectivity index (χ2n) is 8.26. The van der Waals surface area contributed by atoms with Gasteiger partial charge >= 0.3 is 11.8 Å². The zero-order valence-electron chi connectivity index (χ0n) is 20.4. The summed E-state index contributed by atoms with van der Waals surface area (Å²) in [5.41, 5.74) is 6.35. The molecule has 0 radical (unpaired) electrons. The largest absolute Gasteiger partial charge is 0.493 e. The molecule has 0 unspecified atom stereocenters. The summed E-state index contributed by atoms with van der Waals surface area (Å²) < 4.78 is 11.5. The van der Waals surface area contributed by atoms with E-state index in [-0.39, 0.29) is 0 Å². The first-order chi connectivity index (χ1) is 17.5. The van der Waals surface area contributed by atoms with E-state index in [4.69, 9.17) is 9.47 Å². The molecule has 2 amide bonds. The predicted molar refractivity (Wildman–Crippen MR) is 142 cm³/mol. The molecule has 182 valence electrons. The van der Waals surface area contributed by atoms with Crippen LogP contribution in [0.4, 0.5) is 5.69 Å². The van der Waals surface area contributed by atoms with Gasteiger partial charge in [-0.3, -0.25) is 9.59 Å². The van der Waals surface area contributed by atoms with Crippen molar-refractivity contribution >= 4 is 34.5 Å². The number of carbonyl (C=O) groups is 2. The molecule has 36 heavy (non-hydrogen) atoms. The first-order valence-corrected chi connectivity index (χ1v) is 11.4. The molecule has 0 aromatic heterocycles. The van der Waals surface area contributed by atoms with Gasteiger partial charge in [-0.1, -0.05) is 60.7 Å². The van der Waals surface area contributed by atoms with Crippen molar-refractivity contribution in [2.75, 3.05) is 12.4 Å². The van der Waals surface area contributed by atoms with Gasteiger partial charge in [0.25, 0.3) is 0 Å². The maximum atomic E-state index is 12.2. The van der Waals surface area contributed by atoms with Crippen LogP contribution < -0.4 is 20.2 Å². The van der Waals surface area contributed by atoms with E-state index in [1.54, 1.807) is 25.3 Å². The lowest BCUT2D eigenvalue weighted by Crippen LogP contribution is -2.32. The summed E-state index contributed by atoms with van der Waals surface area (Å²) >= 11 is 0. The molecular weight excluding hydrogens is 454 g/mol. The van der Waals surface area contributed by atoms with Gasteiger partial charge in [0.1, 0.15) is 6.61 Å². The summed E-state index contributed by atoms with van der Waals surface area (Å²) in [6, 6.07) is 25.2. The zero-order chi connectivity index (χ0) is 25.5. The summed E-state index contributed by atoms with van der Waals surface area (Å²) in [6.45, 7) is 4.11. The molecule has 7 nitrogen and oxygen atoms in total. The van der Waals surface area contributed by atoms with Crippen molar-refractivity contribution in [3.05, 3.63) is 101 Å². The van der Waals surface area contributed by atoms with Crippen molar-refractivity contribution in [3.63, 3.8) is 0 Å². The Kier molecular flexibility index (Phi) is 7.60. The Morgan fingerprint density at radius 3 is 2.36 bits per heavy atom. The average Bonchev–Trinajstić information content (AvgIpc) is 2.89. The molecule has 0 heterocycles. The third-order valence-corrected chi connectivity index (χ3v) is 5.76. The van der Waals surface area contributed by atoms with Gasteiger partial charge in [-0.25, -0.2) is 5.43 Å². The summed E-state index contributed by atoms with van der Waals surface area (Å²) in [6.07, 6.45) is 1.43.